The Hall–Kier alpha value is -2.30. The number of rotatable bonds is 4. The molecule has 5 nitrogen and oxygen atoms in total. The summed E-state index contributed by atoms with van der Waals surface area (Å²) in [4.78, 5) is 10.8. The van der Waals surface area contributed by atoms with Gasteiger partial charge < -0.3 is 10.1 Å². The van der Waals surface area contributed by atoms with E-state index in [1.807, 2.05) is 31.2 Å². The van der Waals surface area contributed by atoms with Crippen molar-refractivity contribution in [3.05, 3.63) is 46.8 Å². The van der Waals surface area contributed by atoms with Gasteiger partial charge in [0, 0.05) is 11.8 Å². The van der Waals surface area contributed by atoms with Crippen molar-refractivity contribution in [1.82, 2.24) is 10.2 Å². The molecule has 88 valence electrons. The molecule has 0 aliphatic carbocycles. The van der Waals surface area contributed by atoms with E-state index < -0.39 is 0 Å². The number of aromatic nitrogens is 2. The Labute approximate surface area is 98.5 Å². The van der Waals surface area contributed by atoms with Crippen LogP contribution in [-0.2, 0) is 0 Å². The van der Waals surface area contributed by atoms with E-state index in [4.69, 9.17) is 4.74 Å². The third kappa shape index (κ3) is 3.07. The minimum absolute atomic E-state index is 0.220. The molecule has 0 atom stereocenters. The second kappa shape index (κ2) is 5.16. The quantitative estimate of drug-likeness (QED) is 0.843. The Morgan fingerprint density at radius 3 is 2.59 bits per heavy atom. The zero-order valence-corrected chi connectivity index (χ0v) is 9.43. The Bertz CT molecular complexity index is 514. The minimum atomic E-state index is -0.220. The summed E-state index contributed by atoms with van der Waals surface area (Å²) in [7, 11) is 0. The van der Waals surface area contributed by atoms with Gasteiger partial charge in [-0.15, -0.1) is 0 Å². The van der Waals surface area contributed by atoms with Gasteiger partial charge in [0.15, 0.2) is 5.82 Å². The molecule has 1 heterocycles. The van der Waals surface area contributed by atoms with Crippen molar-refractivity contribution in [2.45, 2.75) is 6.92 Å². The number of anilines is 2. The predicted molar refractivity (Wildman–Crippen MR) is 65.8 cm³/mol. The molecule has 0 saturated heterocycles. The number of nitrogens with one attached hydrogen (secondary N) is 2. The third-order valence-electron chi connectivity index (χ3n) is 2.12. The van der Waals surface area contributed by atoms with E-state index >= 15 is 0 Å². The number of aromatic amines is 1. The zero-order chi connectivity index (χ0) is 12.1. The van der Waals surface area contributed by atoms with Gasteiger partial charge in [-0.25, -0.2) is 5.10 Å². The first-order valence-corrected chi connectivity index (χ1v) is 5.33. The maximum Gasteiger partial charge on any atom is 0.264 e. The largest absolute Gasteiger partial charge is 0.494 e. The van der Waals surface area contributed by atoms with Crippen LogP contribution >= 0.6 is 0 Å². The van der Waals surface area contributed by atoms with Gasteiger partial charge in [0.2, 0.25) is 0 Å². The van der Waals surface area contributed by atoms with Crippen LogP contribution in [0.15, 0.2) is 41.2 Å². The van der Waals surface area contributed by atoms with E-state index in [2.05, 4.69) is 15.5 Å². The van der Waals surface area contributed by atoms with E-state index in [-0.39, 0.29) is 5.56 Å². The average molecular weight is 231 g/mol. The Kier molecular flexibility index (Phi) is 3.40. The normalized spacial score (nSPS) is 9.94. The maximum atomic E-state index is 10.8. The minimum Gasteiger partial charge on any atom is -0.494 e. The molecular weight excluding hydrogens is 218 g/mol. The highest BCUT2D eigenvalue weighted by Crippen LogP contribution is 2.18. The molecule has 2 rings (SSSR count). The molecule has 2 N–H and O–H groups in total. The molecule has 0 bridgehead atoms. The summed E-state index contributed by atoms with van der Waals surface area (Å²) in [6, 6.07) is 10.6. The summed E-state index contributed by atoms with van der Waals surface area (Å²) in [5, 5.41) is 9.28. The molecule has 0 aliphatic heterocycles. The van der Waals surface area contributed by atoms with Gasteiger partial charge in [-0.2, -0.15) is 5.10 Å². The van der Waals surface area contributed by atoms with Crippen LogP contribution in [0.2, 0.25) is 0 Å². The highest BCUT2D eigenvalue weighted by molar-refractivity contribution is 5.56. The number of nitrogens with zero attached hydrogens (tertiary/aromatic N) is 1. The van der Waals surface area contributed by atoms with Crippen LogP contribution in [0.4, 0.5) is 11.5 Å². The maximum absolute atomic E-state index is 10.8. The molecule has 1 aromatic heterocycles. The third-order valence-corrected chi connectivity index (χ3v) is 2.12. The average Bonchev–Trinajstić information content (AvgIpc) is 2.35. The van der Waals surface area contributed by atoms with Crippen molar-refractivity contribution in [2.75, 3.05) is 11.9 Å². The van der Waals surface area contributed by atoms with E-state index in [0.29, 0.717) is 12.4 Å². The van der Waals surface area contributed by atoms with Crippen molar-refractivity contribution in [3.63, 3.8) is 0 Å². The lowest BCUT2D eigenvalue weighted by atomic mass is 10.3. The molecular formula is C12H13N3O2. The van der Waals surface area contributed by atoms with E-state index in [9.17, 15) is 4.79 Å². The fourth-order valence-electron chi connectivity index (χ4n) is 1.36. The number of ether oxygens (including phenoxy) is 1. The lowest BCUT2D eigenvalue weighted by molar-refractivity contribution is 0.340. The first-order valence-electron chi connectivity index (χ1n) is 5.33. The van der Waals surface area contributed by atoms with Gasteiger partial charge >= 0.3 is 0 Å². The SMILES string of the molecule is CCOc1ccc(Nc2ccc(=O)[nH]n2)cc1. The molecule has 5 heteroatoms. The van der Waals surface area contributed by atoms with Crippen molar-refractivity contribution < 1.29 is 4.74 Å². The van der Waals surface area contributed by atoms with Gasteiger partial charge in [-0.05, 0) is 37.3 Å². The summed E-state index contributed by atoms with van der Waals surface area (Å²) < 4.78 is 5.34. The van der Waals surface area contributed by atoms with Gasteiger partial charge in [-0.1, -0.05) is 0 Å². The van der Waals surface area contributed by atoms with E-state index in [1.165, 1.54) is 6.07 Å². The summed E-state index contributed by atoms with van der Waals surface area (Å²) in [6.45, 7) is 2.59. The van der Waals surface area contributed by atoms with Crippen LogP contribution in [0.5, 0.6) is 5.75 Å². The summed E-state index contributed by atoms with van der Waals surface area (Å²) >= 11 is 0. The number of H-pyrrole nitrogens is 1. The van der Waals surface area contributed by atoms with Crippen LogP contribution in [0.1, 0.15) is 6.92 Å². The lowest BCUT2D eigenvalue weighted by Gasteiger charge is -2.06. The van der Waals surface area contributed by atoms with E-state index in [0.717, 1.165) is 11.4 Å². The molecule has 0 saturated carbocycles. The second-order valence-electron chi connectivity index (χ2n) is 3.39. The van der Waals surface area contributed by atoms with Crippen LogP contribution in [-0.4, -0.2) is 16.8 Å². The highest BCUT2D eigenvalue weighted by Gasteiger charge is 1.97. The number of benzene rings is 1. The molecule has 0 amide bonds. The smallest absolute Gasteiger partial charge is 0.264 e. The molecule has 0 aliphatic rings. The van der Waals surface area contributed by atoms with Crippen molar-refractivity contribution in [3.8, 4) is 5.75 Å². The van der Waals surface area contributed by atoms with Gasteiger partial charge in [0.1, 0.15) is 5.75 Å². The standard InChI is InChI=1S/C12H13N3O2/c1-2-17-10-5-3-9(4-6-10)13-11-7-8-12(16)15-14-11/h3-8H,2H2,1H3,(H,13,14)(H,15,16). The van der Waals surface area contributed by atoms with Crippen LogP contribution < -0.4 is 15.6 Å². The van der Waals surface area contributed by atoms with Crippen LogP contribution in [0, 0.1) is 0 Å². The lowest BCUT2D eigenvalue weighted by Crippen LogP contribution is -2.07. The molecule has 0 radical (unpaired) electrons. The topological polar surface area (TPSA) is 67.0 Å². The van der Waals surface area contributed by atoms with Crippen LogP contribution in [0.3, 0.4) is 0 Å². The molecule has 0 unspecified atom stereocenters. The summed E-state index contributed by atoms with van der Waals surface area (Å²) in [5.41, 5.74) is 0.662. The first-order chi connectivity index (χ1) is 8.28. The summed E-state index contributed by atoms with van der Waals surface area (Å²) in [5.74, 6) is 1.42. The number of hydrogen-bond acceptors (Lipinski definition) is 4. The monoisotopic (exact) mass is 231 g/mol. The fraction of sp³-hybridized carbons (Fsp3) is 0.167. The molecule has 0 spiro atoms. The fourth-order valence-corrected chi connectivity index (χ4v) is 1.36. The van der Waals surface area contributed by atoms with Crippen molar-refractivity contribution >= 4 is 11.5 Å². The number of hydrogen-bond donors (Lipinski definition) is 2. The van der Waals surface area contributed by atoms with Gasteiger partial charge in [0.25, 0.3) is 5.56 Å². The second-order valence-corrected chi connectivity index (χ2v) is 3.39. The molecule has 17 heavy (non-hydrogen) atoms. The molecule has 1 aromatic carbocycles. The van der Waals surface area contributed by atoms with Crippen molar-refractivity contribution in [2.24, 2.45) is 0 Å². The Balaban J connectivity index is 2.08. The highest BCUT2D eigenvalue weighted by atomic mass is 16.5. The Morgan fingerprint density at radius 1 is 1.24 bits per heavy atom. The molecule has 0 fully saturated rings. The summed E-state index contributed by atoms with van der Waals surface area (Å²) in [6.07, 6.45) is 0. The zero-order valence-electron chi connectivity index (χ0n) is 9.43. The van der Waals surface area contributed by atoms with Gasteiger partial charge in [-0.3, -0.25) is 4.79 Å². The molecule has 2 aromatic rings. The first kappa shape index (κ1) is 11.2. The van der Waals surface area contributed by atoms with Crippen molar-refractivity contribution in [1.29, 1.82) is 0 Å². The van der Waals surface area contributed by atoms with Crippen LogP contribution in [0.25, 0.3) is 0 Å². The van der Waals surface area contributed by atoms with Gasteiger partial charge in [0.05, 0.1) is 6.61 Å². The predicted octanol–water partition coefficient (Wildman–Crippen LogP) is 1.91. The van der Waals surface area contributed by atoms with E-state index in [1.54, 1.807) is 6.07 Å². The Morgan fingerprint density at radius 2 is 2.00 bits per heavy atom.